The molecule has 3 heterocycles. The van der Waals surface area contributed by atoms with Gasteiger partial charge in [0.15, 0.2) is 11.5 Å². The van der Waals surface area contributed by atoms with Gasteiger partial charge in [-0.1, -0.05) is 6.07 Å². The molecule has 25 heavy (non-hydrogen) atoms. The van der Waals surface area contributed by atoms with Crippen molar-refractivity contribution in [2.45, 2.75) is 18.9 Å². The van der Waals surface area contributed by atoms with Crippen molar-refractivity contribution >= 4 is 5.97 Å². The number of carboxylic acids is 1. The lowest BCUT2D eigenvalue weighted by atomic mass is 9.91. The summed E-state index contributed by atoms with van der Waals surface area (Å²) in [5.74, 6) is 0.880. The first-order valence-electron chi connectivity index (χ1n) is 8.37. The number of hydrogen-bond donors (Lipinski definition) is 2. The van der Waals surface area contributed by atoms with Crippen molar-refractivity contribution in [3.63, 3.8) is 0 Å². The minimum absolute atomic E-state index is 0.0276. The molecule has 2 atom stereocenters. The Balaban J connectivity index is 1.48. The number of carboxylic acid groups (broad SMARTS) is 1. The number of aromatic amines is 1. The van der Waals surface area contributed by atoms with Crippen molar-refractivity contribution in [2.24, 2.45) is 5.92 Å². The summed E-state index contributed by atoms with van der Waals surface area (Å²) in [6.07, 6.45) is 1.82. The predicted octanol–water partition coefficient (Wildman–Crippen LogP) is 1.27. The van der Waals surface area contributed by atoms with Crippen LogP contribution >= 0.6 is 0 Å². The fraction of sp³-hybridized carbons (Fsp3) is 0.471. The van der Waals surface area contributed by atoms with E-state index in [2.05, 4.69) is 20.3 Å². The highest BCUT2D eigenvalue weighted by atomic mass is 16.6. The van der Waals surface area contributed by atoms with Crippen LogP contribution in [0, 0.1) is 5.92 Å². The molecular formula is C17H20N4O4. The van der Waals surface area contributed by atoms with Crippen molar-refractivity contribution in [1.82, 2.24) is 20.3 Å². The van der Waals surface area contributed by atoms with Gasteiger partial charge in [0.1, 0.15) is 13.2 Å². The molecule has 1 fully saturated rings. The Bertz CT molecular complexity index is 749. The molecule has 2 aliphatic heterocycles. The number of hydrogen-bond acceptors (Lipinski definition) is 6. The lowest BCUT2D eigenvalue weighted by molar-refractivity contribution is -0.138. The normalized spacial score (nSPS) is 22.9. The maximum Gasteiger partial charge on any atom is 0.303 e. The summed E-state index contributed by atoms with van der Waals surface area (Å²) in [4.78, 5) is 13.5. The van der Waals surface area contributed by atoms with Crippen LogP contribution in [0.1, 0.15) is 23.6 Å². The van der Waals surface area contributed by atoms with Crippen LogP contribution in [-0.4, -0.2) is 57.7 Å². The molecule has 2 aromatic rings. The lowest BCUT2D eigenvalue weighted by Gasteiger charge is -2.21. The van der Waals surface area contributed by atoms with Gasteiger partial charge in [0.25, 0.3) is 0 Å². The van der Waals surface area contributed by atoms with Crippen molar-refractivity contribution in [1.29, 1.82) is 0 Å². The van der Waals surface area contributed by atoms with Gasteiger partial charge in [0, 0.05) is 25.6 Å². The summed E-state index contributed by atoms with van der Waals surface area (Å²) in [5.41, 5.74) is 1.95. The number of nitrogens with zero attached hydrogens (tertiary/aromatic N) is 3. The SMILES string of the molecule is O=C(O)C[C@@H]1CN(Cc2ccc3c(c2)OCCO3)C[C@@H]1c1cn[nH]n1. The topological polar surface area (TPSA) is 101 Å². The summed E-state index contributed by atoms with van der Waals surface area (Å²) in [6.45, 7) is 3.36. The van der Waals surface area contributed by atoms with Crippen LogP contribution < -0.4 is 9.47 Å². The number of likely N-dealkylation sites (tertiary alicyclic amines) is 1. The number of fused-ring (bicyclic) bond motifs is 1. The molecule has 8 heteroatoms. The fourth-order valence-electron chi connectivity index (χ4n) is 3.69. The molecular weight excluding hydrogens is 324 g/mol. The Morgan fingerprint density at radius 3 is 2.88 bits per heavy atom. The number of carbonyl (C=O) groups is 1. The largest absolute Gasteiger partial charge is 0.486 e. The molecule has 8 nitrogen and oxygen atoms in total. The van der Waals surface area contributed by atoms with Crippen LogP contribution in [-0.2, 0) is 11.3 Å². The van der Waals surface area contributed by atoms with Crippen LogP contribution in [0.4, 0.5) is 0 Å². The summed E-state index contributed by atoms with van der Waals surface area (Å²) >= 11 is 0. The average Bonchev–Trinajstić information content (AvgIpc) is 3.24. The van der Waals surface area contributed by atoms with Crippen LogP contribution in [0.2, 0.25) is 0 Å². The monoisotopic (exact) mass is 344 g/mol. The number of rotatable bonds is 5. The Kier molecular flexibility index (Phi) is 4.27. The molecule has 2 aliphatic rings. The average molecular weight is 344 g/mol. The van der Waals surface area contributed by atoms with Crippen molar-refractivity contribution in [3.05, 3.63) is 35.7 Å². The summed E-state index contributed by atoms with van der Waals surface area (Å²) in [7, 11) is 0. The highest BCUT2D eigenvalue weighted by Gasteiger charge is 2.36. The Hall–Kier alpha value is -2.61. The number of aromatic nitrogens is 3. The Morgan fingerprint density at radius 1 is 1.28 bits per heavy atom. The van der Waals surface area contributed by atoms with Crippen LogP contribution in [0.25, 0.3) is 0 Å². The van der Waals surface area contributed by atoms with Gasteiger partial charge in [0.05, 0.1) is 18.3 Å². The zero-order valence-corrected chi connectivity index (χ0v) is 13.7. The molecule has 1 saturated heterocycles. The first-order valence-corrected chi connectivity index (χ1v) is 8.37. The Labute approximate surface area is 144 Å². The smallest absolute Gasteiger partial charge is 0.303 e. The second-order valence-corrected chi connectivity index (χ2v) is 6.53. The van der Waals surface area contributed by atoms with E-state index in [4.69, 9.17) is 9.47 Å². The van der Waals surface area contributed by atoms with E-state index in [9.17, 15) is 9.90 Å². The van der Waals surface area contributed by atoms with Crippen LogP contribution in [0.5, 0.6) is 11.5 Å². The van der Waals surface area contributed by atoms with Gasteiger partial charge in [0.2, 0.25) is 0 Å². The molecule has 0 radical (unpaired) electrons. The summed E-state index contributed by atoms with van der Waals surface area (Å²) in [6, 6.07) is 5.97. The van der Waals surface area contributed by atoms with Crippen molar-refractivity contribution < 1.29 is 19.4 Å². The number of aliphatic carboxylic acids is 1. The molecule has 1 aromatic heterocycles. The van der Waals surface area contributed by atoms with Gasteiger partial charge in [-0.15, -0.1) is 0 Å². The summed E-state index contributed by atoms with van der Waals surface area (Å²) < 4.78 is 11.2. The Morgan fingerprint density at radius 2 is 2.12 bits per heavy atom. The standard InChI is InChI=1S/C17H20N4O4/c22-17(23)6-12-9-21(10-13(12)14-7-18-20-19-14)8-11-1-2-15-16(5-11)25-4-3-24-15/h1-2,5,7,12-13H,3-4,6,8-10H2,(H,22,23)(H,18,19,20)/t12-,13+/m1/s1. The molecule has 0 bridgehead atoms. The zero-order valence-electron chi connectivity index (χ0n) is 13.7. The van der Waals surface area contributed by atoms with E-state index in [0.717, 1.165) is 42.4 Å². The quantitative estimate of drug-likeness (QED) is 0.842. The number of benzene rings is 1. The highest BCUT2D eigenvalue weighted by molar-refractivity contribution is 5.67. The van der Waals surface area contributed by atoms with E-state index in [-0.39, 0.29) is 18.3 Å². The second-order valence-electron chi connectivity index (χ2n) is 6.53. The molecule has 2 N–H and O–H groups in total. The van der Waals surface area contributed by atoms with Crippen LogP contribution in [0.3, 0.4) is 0 Å². The predicted molar refractivity (Wildman–Crippen MR) is 87.6 cm³/mol. The first-order chi connectivity index (χ1) is 12.2. The number of nitrogens with one attached hydrogen (secondary N) is 1. The summed E-state index contributed by atoms with van der Waals surface area (Å²) in [5, 5.41) is 19.9. The first kappa shape index (κ1) is 15.9. The third-order valence-corrected chi connectivity index (χ3v) is 4.78. The maximum absolute atomic E-state index is 11.2. The van der Waals surface area contributed by atoms with E-state index in [1.165, 1.54) is 0 Å². The van der Waals surface area contributed by atoms with Gasteiger partial charge in [-0.3, -0.25) is 9.69 Å². The minimum atomic E-state index is -0.778. The number of H-pyrrole nitrogens is 1. The molecule has 1 aromatic carbocycles. The third-order valence-electron chi connectivity index (χ3n) is 4.78. The lowest BCUT2D eigenvalue weighted by Crippen LogP contribution is -2.21. The third kappa shape index (κ3) is 3.43. The van der Waals surface area contributed by atoms with E-state index < -0.39 is 5.97 Å². The van der Waals surface area contributed by atoms with Gasteiger partial charge in [-0.25, -0.2) is 0 Å². The van der Waals surface area contributed by atoms with Crippen LogP contribution in [0.15, 0.2) is 24.4 Å². The molecule has 132 valence electrons. The maximum atomic E-state index is 11.2. The van der Waals surface area contributed by atoms with Gasteiger partial charge < -0.3 is 14.6 Å². The van der Waals surface area contributed by atoms with Crippen molar-refractivity contribution in [3.8, 4) is 11.5 Å². The second kappa shape index (κ2) is 6.72. The van der Waals surface area contributed by atoms with E-state index >= 15 is 0 Å². The number of ether oxygens (including phenoxy) is 2. The molecule has 0 unspecified atom stereocenters. The molecule has 0 spiro atoms. The fourth-order valence-corrected chi connectivity index (χ4v) is 3.69. The molecule has 0 amide bonds. The van der Waals surface area contributed by atoms with E-state index in [1.807, 2.05) is 18.2 Å². The van der Waals surface area contributed by atoms with E-state index in [1.54, 1.807) is 6.20 Å². The molecule has 4 rings (SSSR count). The molecule has 0 saturated carbocycles. The zero-order chi connectivity index (χ0) is 17.2. The molecule has 0 aliphatic carbocycles. The van der Waals surface area contributed by atoms with E-state index in [0.29, 0.717) is 13.2 Å². The van der Waals surface area contributed by atoms with Gasteiger partial charge in [-0.05, 0) is 23.6 Å². The minimum Gasteiger partial charge on any atom is -0.486 e. The van der Waals surface area contributed by atoms with Crippen molar-refractivity contribution in [2.75, 3.05) is 26.3 Å². The highest BCUT2D eigenvalue weighted by Crippen LogP contribution is 2.36. The van der Waals surface area contributed by atoms with Gasteiger partial charge >= 0.3 is 5.97 Å². The van der Waals surface area contributed by atoms with Gasteiger partial charge in [-0.2, -0.15) is 15.4 Å².